The van der Waals surface area contributed by atoms with Crippen LogP contribution in [0.25, 0.3) is 11.3 Å². The van der Waals surface area contributed by atoms with Gasteiger partial charge in [-0.2, -0.15) is 0 Å². The van der Waals surface area contributed by atoms with E-state index in [0.717, 1.165) is 19.3 Å². The molecule has 2 amide bonds. The number of nitrogens with zero attached hydrogens (tertiary/aromatic N) is 3. The summed E-state index contributed by atoms with van der Waals surface area (Å²) in [7, 11) is 0. The number of amides is 2. The molecule has 0 N–H and O–H groups in total. The molecule has 25 heavy (non-hydrogen) atoms. The second-order valence-electron chi connectivity index (χ2n) is 6.50. The fourth-order valence-corrected chi connectivity index (χ4v) is 3.25. The monoisotopic (exact) mass is 343 g/mol. The minimum atomic E-state index is -0.492. The van der Waals surface area contributed by atoms with E-state index in [1.165, 1.54) is 17.0 Å². The third-order valence-electron chi connectivity index (χ3n) is 4.88. The lowest BCUT2D eigenvalue weighted by Gasteiger charge is -2.41. The molecule has 0 radical (unpaired) electrons. The number of aromatic nitrogens is 1. The van der Waals surface area contributed by atoms with Crippen LogP contribution in [0.15, 0.2) is 34.9 Å². The third-order valence-corrected chi connectivity index (χ3v) is 4.88. The summed E-state index contributed by atoms with van der Waals surface area (Å²) in [5, 5.41) is 3.94. The van der Waals surface area contributed by atoms with Crippen LogP contribution in [0.2, 0.25) is 0 Å². The Hall–Kier alpha value is -2.70. The molecule has 0 atom stereocenters. The lowest BCUT2D eigenvalue weighted by Crippen LogP contribution is -2.58. The average molecular weight is 343 g/mol. The van der Waals surface area contributed by atoms with Gasteiger partial charge in [0.25, 0.3) is 0 Å². The molecule has 0 bridgehead atoms. The maximum Gasteiger partial charge on any atom is 0.312 e. The van der Waals surface area contributed by atoms with Crippen molar-refractivity contribution in [1.82, 2.24) is 15.0 Å². The van der Waals surface area contributed by atoms with Crippen LogP contribution in [-0.2, 0) is 16.1 Å². The van der Waals surface area contributed by atoms with E-state index in [-0.39, 0.29) is 18.4 Å². The minimum Gasteiger partial charge on any atom is -0.356 e. The van der Waals surface area contributed by atoms with Gasteiger partial charge in [-0.1, -0.05) is 17.3 Å². The lowest BCUT2D eigenvalue weighted by molar-refractivity contribution is -0.159. The Morgan fingerprint density at radius 2 is 2.00 bits per heavy atom. The molecule has 6 nitrogen and oxygen atoms in total. The summed E-state index contributed by atoms with van der Waals surface area (Å²) in [4.78, 5) is 27.8. The molecule has 2 aliphatic rings. The molecule has 130 valence electrons. The highest BCUT2D eigenvalue weighted by atomic mass is 19.1. The standard InChI is InChI=1S/C18H18FN3O3/c19-13-4-1-3-12(9-13)16-10-14(20-25-16)11-21-7-8-22(15-5-2-6-15)18(24)17(21)23/h1,3-4,9-10,15H,2,5-8,11H2. The van der Waals surface area contributed by atoms with Crippen molar-refractivity contribution in [2.24, 2.45) is 0 Å². The zero-order valence-electron chi connectivity index (χ0n) is 13.7. The Kier molecular flexibility index (Phi) is 3.99. The van der Waals surface area contributed by atoms with Crippen molar-refractivity contribution in [3.8, 4) is 11.3 Å². The number of carbonyl (C=O) groups excluding carboxylic acids is 2. The molecule has 0 unspecified atom stereocenters. The van der Waals surface area contributed by atoms with E-state index in [1.807, 2.05) is 0 Å². The quantitative estimate of drug-likeness (QED) is 0.798. The van der Waals surface area contributed by atoms with Crippen molar-refractivity contribution >= 4 is 11.8 Å². The summed E-state index contributed by atoms with van der Waals surface area (Å²) in [6.07, 6.45) is 3.09. The van der Waals surface area contributed by atoms with Gasteiger partial charge in [-0.25, -0.2) is 4.39 Å². The Morgan fingerprint density at radius 1 is 1.16 bits per heavy atom. The molecular weight excluding hydrogens is 325 g/mol. The average Bonchev–Trinajstić information content (AvgIpc) is 3.01. The Balaban J connectivity index is 1.44. The maximum atomic E-state index is 13.3. The molecule has 1 saturated carbocycles. The first-order chi connectivity index (χ1) is 12.1. The van der Waals surface area contributed by atoms with Crippen LogP contribution in [0.5, 0.6) is 0 Å². The second-order valence-corrected chi connectivity index (χ2v) is 6.50. The van der Waals surface area contributed by atoms with Gasteiger partial charge in [0.2, 0.25) is 0 Å². The van der Waals surface area contributed by atoms with Gasteiger partial charge in [0.05, 0.1) is 6.54 Å². The largest absolute Gasteiger partial charge is 0.356 e. The van der Waals surface area contributed by atoms with E-state index in [4.69, 9.17) is 4.52 Å². The number of rotatable bonds is 4. The van der Waals surface area contributed by atoms with Gasteiger partial charge in [0.1, 0.15) is 11.5 Å². The van der Waals surface area contributed by atoms with Gasteiger partial charge in [-0.05, 0) is 31.4 Å². The zero-order valence-corrected chi connectivity index (χ0v) is 13.7. The highest BCUT2D eigenvalue weighted by molar-refractivity contribution is 6.35. The van der Waals surface area contributed by atoms with Gasteiger partial charge in [-0.3, -0.25) is 9.59 Å². The molecule has 2 aromatic rings. The fourth-order valence-electron chi connectivity index (χ4n) is 3.25. The van der Waals surface area contributed by atoms with Crippen LogP contribution >= 0.6 is 0 Å². The predicted molar refractivity (Wildman–Crippen MR) is 86.7 cm³/mol. The lowest BCUT2D eigenvalue weighted by atomic mass is 9.91. The van der Waals surface area contributed by atoms with Crippen molar-refractivity contribution in [3.63, 3.8) is 0 Å². The Labute approximate surface area is 144 Å². The molecule has 1 saturated heterocycles. The van der Waals surface area contributed by atoms with Gasteiger partial charge in [0, 0.05) is 30.8 Å². The molecular formula is C18H18FN3O3. The summed E-state index contributed by atoms with van der Waals surface area (Å²) in [6, 6.07) is 7.92. The summed E-state index contributed by atoms with van der Waals surface area (Å²) in [5.41, 5.74) is 1.12. The summed E-state index contributed by atoms with van der Waals surface area (Å²) in [6.45, 7) is 1.26. The van der Waals surface area contributed by atoms with Crippen LogP contribution in [0, 0.1) is 5.82 Å². The van der Waals surface area contributed by atoms with Crippen molar-refractivity contribution in [3.05, 3.63) is 41.8 Å². The topological polar surface area (TPSA) is 66.7 Å². The van der Waals surface area contributed by atoms with E-state index in [0.29, 0.717) is 30.1 Å². The normalized spacial score (nSPS) is 18.6. The van der Waals surface area contributed by atoms with E-state index < -0.39 is 11.8 Å². The van der Waals surface area contributed by atoms with Gasteiger partial charge < -0.3 is 14.3 Å². The van der Waals surface area contributed by atoms with Crippen molar-refractivity contribution in [2.75, 3.05) is 13.1 Å². The molecule has 1 aliphatic heterocycles. The number of hydrogen-bond donors (Lipinski definition) is 0. The van der Waals surface area contributed by atoms with Crippen LogP contribution in [0.1, 0.15) is 25.0 Å². The molecule has 1 aromatic carbocycles. The predicted octanol–water partition coefficient (Wildman–Crippen LogP) is 2.20. The maximum absolute atomic E-state index is 13.3. The Morgan fingerprint density at radius 3 is 2.72 bits per heavy atom. The number of hydrogen-bond acceptors (Lipinski definition) is 4. The van der Waals surface area contributed by atoms with E-state index >= 15 is 0 Å². The van der Waals surface area contributed by atoms with Gasteiger partial charge in [0.15, 0.2) is 5.76 Å². The first-order valence-corrected chi connectivity index (χ1v) is 8.43. The number of carbonyl (C=O) groups is 2. The number of halogens is 1. The highest BCUT2D eigenvalue weighted by Gasteiger charge is 2.38. The molecule has 2 fully saturated rings. The van der Waals surface area contributed by atoms with Gasteiger partial charge >= 0.3 is 11.8 Å². The van der Waals surface area contributed by atoms with Crippen LogP contribution in [0.4, 0.5) is 4.39 Å². The summed E-state index contributed by atoms with van der Waals surface area (Å²) < 4.78 is 18.6. The number of benzene rings is 1. The van der Waals surface area contributed by atoms with E-state index in [1.54, 1.807) is 23.1 Å². The summed E-state index contributed by atoms with van der Waals surface area (Å²) in [5.74, 6) is -0.844. The molecule has 1 aromatic heterocycles. The molecule has 0 spiro atoms. The summed E-state index contributed by atoms with van der Waals surface area (Å²) >= 11 is 0. The molecule has 7 heteroatoms. The smallest absolute Gasteiger partial charge is 0.312 e. The third kappa shape index (κ3) is 3.01. The zero-order chi connectivity index (χ0) is 17.4. The van der Waals surface area contributed by atoms with E-state index in [2.05, 4.69) is 5.16 Å². The number of piperazine rings is 1. The Bertz CT molecular complexity index is 815. The fraction of sp³-hybridized carbons (Fsp3) is 0.389. The first kappa shape index (κ1) is 15.8. The van der Waals surface area contributed by atoms with Crippen molar-refractivity contribution < 1.29 is 18.5 Å². The van der Waals surface area contributed by atoms with Crippen molar-refractivity contribution in [2.45, 2.75) is 31.8 Å². The second kappa shape index (κ2) is 6.31. The highest BCUT2D eigenvalue weighted by Crippen LogP contribution is 2.27. The molecule has 4 rings (SSSR count). The van der Waals surface area contributed by atoms with Crippen molar-refractivity contribution in [1.29, 1.82) is 0 Å². The van der Waals surface area contributed by atoms with Crippen LogP contribution in [0.3, 0.4) is 0 Å². The SMILES string of the molecule is O=C1C(=O)N(C2CCC2)CCN1Cc1cc(-c2cccc(F)c2)on1. The first-order valence-electron chi connectivity index (χ1n) is 8.43. The van der Waals surface area contributed by atoms with Crippen LogP contribution < -0.4 is 0 Å². The van der Waals surface area contributed by atoms with Gasteiger partial charge in [-0.15, -0.1) is 0 Å². The molecule has 2 heterocycles. The minimum absolute atomic E-state index is 0.210. The van der Waals surface area contributed by atoms with E-state index in [9.17, 15) is 14.0 Å². The molecule has 1 aliphatic carbocycles. The van der Waals surface area contributed by atoms with Crippen LogP contribution in [-0.4, -0.2) is 45.9 Å².